The number of benzene rings is 3. The SMILES string of the molecule is COc1ccc2c(ccc3ccc(C)c(C)c32)c1. The first kappa shape index (κ1) is 11.1. The zero-order valence-electron chi connectivity index (χ0n) is 10.9. The first-order valence-corrected chi connectivity index (χ1v) is 6.17. The number of ether oxygens (including phenoxy) is 1. The van der Waals surface area contributed by atoms with Crippen molar-refractivity contribution in [3.63, 3.8) is 0 Å². The molecule has 0 heterocycles. The van der Waals surface area contributed by atoms with Gasteiger partial charge in [0.15, 0.2) is 0 Å². The molecule has 0 fully saturated rings. The maximum atomic E-state index is 5.29. The van der Waals surface area contributed by atoms with Crippen molar-refractivity contribution in [1.82, 2.24) is 0 Å². The topological polar surface area (TPSA) is 9.23 Å². The molecule has 0 N–H and O–H groups in total. The van der Waals surface area contributed by atoms with Gasteiger partial charge in [0.1, 0.15) is 5.75 Å². The van der Waals surface area contributed by atoms with Gasteiger partial charge < -0.3 is 4.74 Å². The number of fused-ring (bicyclic) bond motifs is 3. The third-order valence-electron chi connectivity index (χ3n) is 3.74. The number of methoxy groups -OCH3 is 1. The summed E-state index contributed by atoms with van der Waals surface area (Å²) in [6.45, 7) is 4.36. The largest absolute Gasteiger partial charge is 0.497 e. The summed E-state index contributed by atoms with van der Waals surface area (Å²) >= 11 is 0. The van der Waals surface area contributed by atoms with E-state index in [1.165, 1.54) is 32.7 Å². The fourth-order valence-corrected chi connectivity index (χ4v) is 2.55. The minimum absolute atomic E-state index is 0.909. The predicted molar refractivity (Wildman–Crippen MR) is 77.5 cm³/mol. The average Bonchev–Trinajstić information content (AvgIpc) is 2.41. The van der Waals surface area contributed by atoms with E-state index in [-0.39, 0.29) is 0 Å². The molecule has 3 aromatic rings. The monoisotopic (exact) mass is 236 g/mol. The number of hydrogen-bond acceptors (Lipinski definition) is 1. The Bertz CT molecular complexity index is 741. The number of hydrogen-bond donors (Lipinski definition) is 0. The molecule has 1 nitrogen and oxygen atoms in total. The van der Waals surface area contributed by atoms with Crippen LogP contribution in [-0.2, 0) is 0 Å². The Hall–Kier alpha value is -2.02. The van der Waals surface area contributed by atoms with Crippen LogP contribution in [-0.4, -0.2) is 7.11 Å². The van der Waals surface area contributed by atoms with Gasteiger partial charge in [-0.25, -0.2) is 0 Å². The highest BCUT2D eigenvalue weighted by Crippen LogP contribution is 2.31. The van der Waals surface area contributed by atoms with E-state index in [0.29, 0.717) is 0 Å². The van der Waals surface area contributed by atoms with Crippen LogP contribution in [0.15, 0.2) is 42.5 Å². The van der Waals surface area contributed by atoms with Gasteiger partial charge >= 0.3 is 0 Å². The molecule has 0 aliphatic heterocycles. The maximum Gasteiger partial charge on any atom is 0.119 e. The van der Waals surface area contributed by atoms with Crippen LogP contribution < -0.4 is 4.74 Å². The Kier molecular flexibility index (Phi) is 2.48. The molecule has 18 heavy (non-hydrogen) atoms. The van der Waals surface area contributed by atoms with Gasteiger partial charge in [0.05, 0.1) is 7.11 Å². The second-order valence-electron chi connectivity index (χ2n) is 4.76. The van der Waals surface area contributed by atoms with Crippen molar-refractivity contribution in [3.05, 3.63) is 53.6 Å². The van der Waals surface area contributed by atoms with E-state index in [4.69, 9.17) is 4.74 Å². The quantitative estimate of drug-likeness (QED) is 0.560. The number of rotatable bonds is 1. The Morgan fingerprint density at radius 2 is 1.56 bits per heavy atom. The smallest absolute Gasteiger partial charge is 0.119 e. The van der Waals surface area contributed by atoms with Crippen molar-refractivity contribution in [3.8, 4) is 5.75 Å². The summed E-state index contributed by atoms with van der Waals surface area (Å²) in [4.78, 5) is 0. The molecule has 0 spiro atoms. The predicted octanol–water partition coefficient (Wildman–Crippen LogP) is 4.62. The second kappa shape index (κ2) is 4.02. The van der Waals surface area contributed by atoms with Gasteiger partial charge in [-0.1, -0.05) is 30.3 Å². The lowest BCUT2D eigenvalue weighted by molar-refractivity contribution is 0.415. The molecule has 0 atom stereocenters. The Morgan fingerprint density at radius 3 is 2.33 bits per heavy atom. The van der Waals surface area contributed by atoms with Crippen LogP contribution in [0.1, 0.15) is 11.1 Å². The fourth-order valence-electron chi connectivity index (χ4n) is 2.55. The molecule has 0 radical (unpaired) electrons. The Labute approximate surface area is 107 Å². The van der Waals surface area contributed by atoms with Crippen molar-refractivity contribution in [2.24, 2.45) is 0 Å². The molecule has 3 rings (SSSR count). The summed E-state index contributed by atoms with van der Waals surface area (Å²) in [7, 11) is 1.71. The van der Waals surface area contributed by atoms with Crippen molar-refractivity contribution >= 4 is 21.5 Å². The van der Waals surface area contributed by atoms with E-state index in [0.717, 1.165) is 5.75 Å². The Balaban J connectivity index is 2.48. The summed E-state index contributed by atoms with van der Waals surface area (Å²) in [6, 6.07) is 15.0. The molecule has 0 aliphatic rings. The molecule has 1 heteroatoms. The summed E-state index contributed by atoms with van der Waals surface area (Å²) < 4.78 is 5.29. The van der Waals surface area contributed by atoms with Crippen LogP contribution in [0.2, 0.25) is 0 Å². The van der Waals surface area contributed by atoms with Crippen LogP contribution >= 0.6 is 0 Å². The zero-order chi connectivity index (χ0) is 12.7. The van der Waals surface area contributed by atoms with Crippen molar-refractivity contribution in [2.75, 3.05) is 7.11 Å². The van der Waals surface area contributed by atoms with Crippen LogP contribution in [0, 0.1) is 13.8 Å². The lowest BCUT2D eigenvalue weighted by Gasteiger charge is -2.10. The Morgan fingerprint density at radius 1 is 0.833 bits per heavy atom. The van der Waals surface area contributed by atoms with E-state index in [1.807, 2.05) is 6.07 Å². The van der Waals surface area contributed by atoms with E-state index in [2.05, 4.69) is 50.2 Å². The van der Waals surface area contributed by atoms with Crippen molar-refractivity contribution in [2.45, 2.75) is 13.8 Å². The van der Waals surface area contributed by atoms with Crippen LogP contribution in [0.25, 0.3) is 21.5 Å². The standard InChI is InChI=1S/C17H16O/c1-11-4-5-13-6-7-14-10-15(18-3)8-9-16(14)17(13)12(11)2/h4-10H,1-3H3. The molecule has 0 amide bonds. The van der Waals surface area contributed by atoms with Crippen LogP contribution in [0.4, 0.5) is 0 Å². The first-order valence-electron chi connectivity index (χ1n) is 6.17. The van der Waals surface area contributed by atoms with Gasteiger partial charge in [-0.15, -0.1) is 0 Å². The van der Waals surface area contributed by atoms with Crippen molar-refractivity contribution < 1.29 is 4.74 Å². The lowest BCUT2D eigenvalue weighted by Crippen LogP contribution is -1.87. The minimum Gasteiger partial charge on any atom is -0.497 e. The second-order valence-corrected chi connectivity index (χ2v) is 4.76. The molecular weight excluding hydrogens is 220 g/mol. The summed E-state index contributed by atoms with van der Waals surface area (Å²) in [5.74, 6) is 0.909. The van der Waals surface area contributed by atoms with Gasteiger partial charge in [0.2, 0.25) is 0 Å². The molecule has 3 aromatic carbocycles. The molecule has 0 bridgehead atoms. The highest BCUT2D eigenvalue weighted by atomic mass is 16.5. The first-order chi connectivity index (χ1) is 8.70. The van der Waals surface area contributed by atoms with E-state index in [1.54, 1.807) is 7.11 Å². The molecule has 0 unspecified atom stereocenters. The minimum atomic E-state index is 0.909. The molecular formula is C17H16O. The summed E-state index contributed by atoms with van der Waals surface area (Å²) in [5, 5.41) is 5.19. The highest BCUT2D eigenvalue weighted by molar-refractivity contribution is 6.09. The van der Waals surface area contributed by atoms with Gasteiger partial charge in [0.25, 0.3) is 0 Å². The third-order valence-corrected chi connectivity index (χ3v) is 3.74. The zero-order valence-corrected chi connectivity index (χ0v) is 10.9. The fraction of sp³-hybridized carbons (Fsp3) is 0.176. The third kappa shape index (κ3) is 1.55. The van der Waals surface area contributed by atoms with E-state index >= 15 is 0 Å². The molecule has 0 saturated heterocycles. The van der Waals surface area contributed by atoms with Gasteiger partial charge in [0, 0.05) is 0 Å². The molecule has 90 valence electrons. The van der Waals surface area contributed by atoms with E-state index < -0.39 is 0 Å². The maximum absolute atomic E-state index is 5.29. The van der Waals surface area contributed by atoms with Gasteiger partial charge in [-0.2, -0.15) is 0 Å². The van der Waals surface area contributed by atoms with Crippen LogP contribution in [0.5, 0.6) is 5.75 Å². The normalized spacial score (nSPS) is 11.1. The lowest BCUT2D eigenvalue weighted by atomic mass is 9.95. The molecule has 0 aliphatic carbocycles. The van der Waals surface area contributed by atoms with E-state index in [9.17, 15) is 0 Å². The highest BCUT2D eigenvalue weighted by Gasteiger charge is 2.06. The number of aryl methyl sites for hydroxylation is 2. The van der Waals surface area contributed by atoms with Crippen molar-refractivity contribution in [1.29, 1.82) is 0 Å². The summed E-state index contributed by atoms with van der Waals surface area (Å²) in [6.07, 6.45) is 0. The molecule has 0 saturated carbocycles. The molecule has 0 aromatic heterocycles. The summed E-state index contributed by atoms with van der Waals surface area (Å²) in [5.41, 5.74) is 2.70. The van der Waals surface area contributed by atoms with Gasteiger partial charge in [-0.3, -0.25) is 0 Å². The average molecular weight is 236 g/mol. The van der Waals surface area contributed by atoms with Gasteiger partial charge in [-0.05, 0) is 58.7 Å². The van der Waals surface area contributed by atoms with Crippen LogP contribution in [0.3, 0.4) is 0 Å².